The number of hydrogen-bond donors (Lipinski definition) is 0. The van der Waals surface area contributed by atoms with E-state index in [0.29, 0.717) is 5.05 Å². The van der Waals surface area contributed by atoms with Gasteiger partial charge in [0, 0.05) is 11.5 Å². The van der Waals surface area contributed by atoms with E-state index in [1.165, 1.54) is 49.7 Å². The molecule has 0 saturated carbocycles. The predicted octanol–water partition coefficient (Wildman–Crippen LogP) is 8.64. The monoisotopic (exact) mass is 464 g/mol. The summed E-state index contributed by atoms with van der Waals surface area (Å²) in [7, 11) is 0. The number of allylic oxidation sites excluding steroid dienone is 2. The SMILES string of the molecule is CCCCCSC1(OC(=S)c2ccc(CCCCC)cc2)C=CC(c2ccccc2)C=C1. The second-order valence-electron chi connectivity index (χ2n) is 8.48. The van der Waals surface area contributed by atoms with Crippen LogP contribution in [0.15, 0.2) is 78.9 Å². The first-order valence-electron chi connectivity index (χ1n) is 12.1. The second kappa shape index (κ2) is 13.0. The van der Waals surface area contributed by atoms with Crippen LogP contribution in [0.4, 0.5) is 0 Å². The van der Waals surface area contributed by atoms with E-state index in [-0.39, 0.29) is 5.92 Å². The first-order valence-corrected chi connectivity index (χ1v) is 13.4. The Kier molecular flexibility index (Phi) is 10.1. The summed E-state index contributed by atoms with van der Waals surface area (Å²) < 4.78 is 6.49. The number of aryl methyl sites for hydroxylation is 1. The third-order valence-corrected chi connectivity index (χ3v) is 7.46. The van der Waals surface area contributed by atoms with Crippen LogP contribution in [-0.2, 0) is 11.2 Å². The molecule has 0 heterocycles. The van der Waals surface area contributed by atoms with Gasteiger partial charge >= 0.3 is 0 Å². The Morgan fingerprint density at radius 3 is 2.19 bits per heavy atom. The fourth-order valence-corrected chi connectivity index (χ4v) is 5.35. The van der Waals surface area contributed by atoms with Crippen LogP contribution in [0.1, 0.15) is 75.0 Å². The molecule has 0 atom stereocenters. The highest BCUT2D eigenvalue weighted by atomic mass is 32.2. The summed E-state index contributed by atoms with van der Waals surface area (Å²) in [6.45, 7) is 4.48. The third kappa shape index (κ3) is 7.35. The summed E-state index contributed by atoms with van der Waals surface area (Å²) in [5, 5.41) is 0.570. The van der Waals surface area contributed by atoms with E-state index in [0.717, 1.165) is 17.7 Å². The molecule has 2 aromatic rings. The summed E-state index contributed by atoms with van der Waals surface area (Å²) in [4.78, 5) is -0.532. The minimum atomic E-state index is -0.532. The number of unbranched alkanes of at least 4 members (excludes halogenated alkanes) is 4. The van der Waals surface area contributed by atoms with Gasteiger partial charge in [-0.05, 0) is 60.5 Å². The Labute approximate surface area is 204 Å². The van der Waals surface area contributed by atoms with Gasteiger partial charge in [-0.1, -0.05) is 106 Å². The molecule has 1 aliphatic rings. The molecule has 0 spiro atoms. The molecule has 3 rings (SSSR count). The number of thiocarbonyl (C=S) groups is 1. The Morgan fingerprint density at radius 2 is 1.53 bits per heavy atom. The van der Waals surface area contributed by atoms with Gasteiger partial charge in [0.25, 0.3) is 0 Å². The average Bonchev–Trinajstić information content (AvgIpc) is 2.83. The minimum Gasteiger partial charge on any atom is -0.458 e. The smallest absolute Gasteiger partial charge is 0.193 e. The Morgan fingerprint density at radius 1 is 0.875 bits per heavy atom. The van der Waals surface area contributed by atoms with Crippen LogP contribution in [0.2, 0.25) is 0 Å². The van der Waals surface area contributed by atoms with Crippen LogP contribution in [0, 0.1) is 0 Å². The van der Waals surface area contributed by atoms with Gasteiger partial charge in [0.05, 0.1) is 0 Å². The zero-order valence-electron chi connectivity index (χ0n) is 19.5. The van der Waals surface area contributed by atoms with Crippen molar-refractivity contribution in [3.8, 4) is 0 Å². The quantitative estimate of drug-likeness (QED) is 0.135. The molecule has 170 valence electrons. The van der Waals surface area contributed by atoms with Gasteiger partial charge in [0.1, 0.15) is 0 Å². The molecule has 0 bridgehead atoms. The molecular formula is C29H36OS2. The highest BCUT2D eigenvalue weighted by Gasteiger charge is 2.31. The zero-order valence-corrected chi connectivity index (χ0v) is 21.1. The van der Waals surface area contributed by atoms with Gasteiger partial charge in [0.2, 0.25) is 0 Å². The molecule has 0 aliphatic heterocycles. The van der Waals surface area contributed by atoms with Crippen molar-refractivity contribution in [2.45, 2.75) is 69.6 Å². The first kappa shape index (κ1) is 24.8. The van der Waals surface area contributed by atoms with Gasteiger partial charge in [0.15, 0.2) is 9.98 Å². The normalized spacial score (nSPS) is 19.8. The second-order valence-corrected chi connectivity index (χ2v) is 10.2. The maximum Gasteiger partial charge on any atom is 0.193 e. The van der Waals surface area contributed by atoms with Crippen molar-refractivity contribution < 1.29 is 4.74 Å². The summed E-state index contributed by atoms with van der Waals surface area (Å²) in [6, 6.07) is 19.2. The van der Waals surface area contributed by atoms with E-state index >= 15 is 0 Å². The standard InChI is InChI=1S/C29H36OS2/c1-3-5-8-12-24-15-17-27(18-16-24)28(31)30-29(32-23-11-6-4-2)21-19-26(20-22-29)25-13-9-7-10-14-25/h7,9-10,13-22,26H,3-6,8,11-12,23H2,1-2H3. The molecule has 0 radical (unpaired) electrons. The molecule has 0 N–H and O–H groups in total. The predicted molar refractivity (Wildman–Crippen MR) is 145 cm³/mol. The van der Waals surface area contributed by atoms with E-state index in [1.54, 1.807) is 0 Å². The Balaban J connectivity index is 1.69. The number of benzene rings is 2. The van der Waals surface area contributed by atoms with E-state index in [1.807, 2.05) is 11.8 Å². The van der Waals surface area contributed by atoms with Gasteiger partial charge in [-0.3, -0.25) is 0 Å². The molecule has 0 aromatic heterocycles. The number of thioether (sulfide) groups is 1. The lowest BCUT2D eigenvalue weighted by Gasteiger charge is -2.31. The maximum absolute atomic E-state index is 6.49. The summed E-state index contributed by atoms with van der Waals surface area (Å²) in [5.74, 6) is 1.33. The lowest BCUT2D eigenvalue weighted by atomic mass is 9.94. The van der Waals surface area contributed by atoms with Gasteiger partial charge in [-0.25, -0.2) is 0 Å². The lowest BCUT2D eigenvalue weighted by Crippen LogP contribution is -2.29. The highest BCUT2D eigenvalue weighted by Crippen LogP contribution is 2.38. The van der Waals surface area contributed by atoms with Crippen molar-refractivity contribution in [3.63, 3.8) is 0 Å². The van der Waals surface area contributed by atoms with E-state index in [2.05, 4.69) is 92.7 Å². The molecule has 32 heavy (non-hydrogen) atoms. The van der Waals surface area contributed by atoms with Crippen LogP contribution < -0.4 is 0 Å². The van der Waals surface area contributed by atoms with Crippen molar-refractivity contribution in [1.82, 2.24) is 0 Å². The zero-order chi connectivity index (χ0) is 22.7. The van der Waals surface area contributed by atoms with E-state index in [4.69, 9.17) is 17.0 Å². The van der Waals surface area contributed by atoms with Crippen LogP contribution >= 0.6 is 24.0 Å². The fourth-order valence-electron chi connectivity index (χ4n) is 3.86. The molecular weight excluding hydrogens is 428 g/mol. The molecule has 0 amide bonds. The molecule has 2 aromatic carbocycles. The first-order chi connectivity index (χ1) is 15.7. The number of ether oxygens (including phenoxy) is 1. The van der Waals surface area contributed by atoms with E-state index in [9.17, 15) is 0 Å². The molecule has 1 nitrogen and oxygen atoms in total. The summed E-state index contributed by atoms with van der Waals surface area (Å²) in [6.07, 6.45) is 17.5. The molecule has 1 aliphatic carbocycles. The summed E-state index contributed by atoms with van der Waals surface area (Å²) in [5.41, 5.74) is 3.65. The van der Waals surface area contributed by atoms with Crippen LogP contribution in [0.5, 0.6) is 0 Å². The lowest BCUT2D eigenvalue weighted by molar-refractivity contribution is 0.256. The minimum absolute atomic E-state index is 0.278. The van der Waals surface area contributed by atoms with Crippen LogP contribution in [-0.4, -0.2) is 15.7 Å². The van der Waals surface area contributed by atoms with Crippen molar-refractivity contribution in [3.05, 3.63) is 95.6 Å². The molecule has 0 unspecified atom stereocenters. The van der Waals surface area contributed by atoms with Crippen molar-refractivity contribution in [2.24, 2.45) is 0 Å². The third-order valence-electron chi connectivity index (χ3n) is 5.84. The molecule has 0 fully saturated rings. The fraction of sp³-hybridized carbons (Fsp3) is 0.414. The highest BCUT2D eigenvalue weighted by molar-refractivity contribution is 8.00. The Hall–Kier alpha value is -1.84. The van der Waals surface area contributed by atoms with Gasteiger partial charge in [-0.15, -0.1) is 11.8 Å². The van der Waals surface area contributed by atoms with Crippen LogP contribution in [0.3, 0.4) is 0 Å². The molecule has 0 saturated heterocycles. The topological polar surface area (TPSA) is 9.23 Å². The average molecular weight is 465 g/mol. The Bertz CT molecular complexity index is 869. The van der Waals surface area contributed by atoms with Gasteiger partial charge in [-0.2, -0.15) is 0 Å². The van der Waals surface area contributed by atoms with Crippen molar-refractivity contribution in [2.75, 3.05) is 5.75 Å². The number of rotatable bonds is 12. The molecule has 3 heteroatoms. The van der Waals surface area contributed by atoms with Crippen LogP contribution in [0.25, 0.3) is 0 Å². The largest absolute Gasteiger partial charge is 0.458 e. The summed E-state index contributed by atoms with van der Waals surface area (Å²) >= 11 is 7.58. The van der Waals surface area contributed by atoms with Crippen molar-refractivity contribution in [1.29, 1.82) is 0 Å². The van der Waals surface area contributed by atoms with E-state index < -0.39 is 4.93 Å². The van der Waals surface area contributed by atoms with Crippen molar-refractivity contribution >= 4 is 29.0 Å². The maximum atomic E-state index is 6.49. The van der Waals surface area contributed by atoms with Gasteiger partial charge < -0.3 is 4.74 Å². The number of hydrogen-bond acceptors (Lipinski definition) is 3.